The molecule has 0 saturated carbocycles. The molecule has 0 aliphatic heterocycles. The van der Waals surface area contributed by atoms with Crippen LogP contribution in [0, 0.1) is 0 Å². The van der Waals surface area contributed by atoms with Crippen LogP contribution in [0.3, 0.4) is 0 Å². The van der Waals surface area contributed by atoms with Crippen LogP contribution in [0.15, 0.2) is 46.2 Å². The van der Waals surface area contributed by atoms with Crippen molar-refractivity contribution in [2.24, 2.45) is 0 Å². The number of carbonyl (C=O) groups is 1. The normalized spacial score (nSPS) is 12.2. The van der Waals surface area contributed by atoms with Gasteiger partial charge in [0.25, 0.3) is 0 Å². The highest BCUT2D eigenvalue weighted by Crippen LogP contribution is 2.15. The molecule has 0 aliphatic carbocycles. The Bertz CT molecular complexity index is 550. The van der Waals surface area contributed by atoms with Crippen molar-refractivity contribution in [1.82, 2.24) is 4.98 Å². The molecular weight excluding hydrogens is 242 g/mol. The van der Waals surface area contributed by atoms with Crippen LogP contribution in [-0.4, -0.2) is 20.3 Å². The van der Waals surface area contributed by atoms with Crippen molar-refractivity contribution in [3.63, 3.8) is 0 Å². The average Bonchev–Trinajstić information content (AvgIpc) is 2.79. The van der Waals surface area contributed by atoms with Crippen LogP contribution in [0.4, 0.5) is 0 Å². The van der Waals surface area contributed by atoms with E-state index in [1.165, 1.54) is 12.1 Å². The minimum atomic E-state index is -1.39. The molecule has 2 heterocycles. The molecule has 1 atom stereocenters. The fourth-order valence-electron chi connectivity index (χ4n) is 1.26. The van der Waals surface area contributed by atoms with Crippen LogP contribution in [0.25, 0.3) is 0 Å². The lowest BCUT2D eigenvalue weighted by molar-refractivity contribution is 0.0656. The number of pyridine rings is 1. The van der Waals surface area contributed by atoms with Gasteiger partial charge in [0.1, 0.15) is 0 Å². The van der Waals surface area contributed by atoms with E-state index < -0.39 is 16.8 Å². The van der Waals surface area contributed by atoms with Gasteiger partial charge in [-0.3, -0.25) is 9.19 Å². The molecule has 6 heteroatoms. The first-order chi connectivity index (χ1) is 8.16. The molecule has 5 nitrogen and oxygen atoms in total. The Kier molecular flexibility index (Phi) is 3.34. The molecular formula is C11H9NO4S. The van der Waals surface area contributed by atoms with Gasteiger partial charge < -0.3 is 9.52 Å². The molecule has 2 aromatic rings. The number of aromatic carboxylic acids is 1. The van der Waals surface area contributed by atoms with Crippen LogP contribution in [0.1, 0.15) is 16.1 Å². The van der Waals surface area contributed by atoms with E-state index in [-0.39, 0.29) is 16.6 Å². The maximum atomic E-state index is 11.9. The highest BCUT2D eigenvalue weighted by molar-refractivity contribution is 7.84. The van der Waals surface area contributed by atoms with E-state index in [0.717, 1.165) is 5.56 Å². The first kappa shape index (κ1) is 11.5. The first-order valence-corrected chi connectivity index (χ1v) is 6.09. The van der Waals surface area contributed by atoms with Gasteiger partial charge in [-0.25, -0.2) is 4.79 Å². The standard InChI is InChI=1S/C11H9NO4S/c13-11(14)9-1-2-10(16-9)17(15)7-8-3-5-12-6-4-8/h1-6H,7H2,(H,13,14). The summed E-state index contributed by atoms with van der Waals surface area (Å²) in [6.45, 7) is 0. The van der Waals surface area contributed by atoms with E-state index in [1.54, 1.807) is 24.5 Å². The van der Waals surface area contributed by atoms with Crippen molar-refractivity contribution < 1.29 is 18.5 Å². The Hall–Kier alpha value is -1.95. The van der Waals surface area contributed by atoms with Gasteiger partial charge in [0.15, 0.2) is 5.09 Å². The molecule has 0 amide bonds. The quantitative estimate of drug-likeness (QED) is 0.894. The molecule has 0 radical (unpaired) electrons. The summed E-state index contributed by atoms with van der Waals surface area (Å²) in [5, 5.41) is 8.83. The SMILES string of the molecule is O=C(O)c1ccc(S(=O)Cc2ccncc2)o1. The third kappa shape index (κ3) is 2.79. The van der Waals surface area contributed by atoms with E-state index in [9.17, 15) is 9.00 Å². The molecule has 0 aliphatic rings. The number of hydrogen-bond acceptors (Lipinski definition) is 4. The van der Waals surface area contributed by atoms with Gasteiger partial charge in [-0.15, -0.1) is 0 Å². The second kappa shape index (κ2) is 4.92. The van der Waals surface area contributed by atoms with Gasteiger partial charge in [0.05, 0.1) is 16.6 Å². The summed E-state index contributed by atoms with van der Waals surface area (Å²) in [6.07, 6.45) is 3.22. The Balaban J connectivity index is 2.12. The number of furan rings is 1. The van der Waals surface area contributed by atoms with Crippen LogP contribution >= 0.6 is 0 Å². The van der Waals surface area contributed by atoms with Gasteiger partial charge in [0.2, 0.25) is 5.76 Å². The van der Waals surface area contributed by atoms with Crippen LogP contribution in [0.2, 0.25) is 0 Å². The van der Waals surface area contributed by atoms with Gasteiger partial charge in [-0.05, 0) is 29.8 Å². The van der Waals surface area contributed by atoms with Crippen LogP contribution < -0.4 is 0 Å². The number of rotatable bonds is 4. The van der Waals surface area contributed by atoms with Crippen molar-refractivity contribution in [3.05, 3.63) is 48.0 Å². The number of hydrogen-bond donors (Lipinski definition) is 1. The second-order valence-electron chi connectivity index (χ2n) is 3.27. The molecule has 0 aromatic carbocycles. The van der Waals surface area contributed by atoms with Gasteiger partial charge >= 0.3 is 5.97 Å². The zero-order chi connectivity index (χ0) is 12.3. The Morgan fingerprint density at radius 2 is 2.00 bits per heavy atom. The predicted molar refractivity (Wildman–Crippen MR) is 60.0 cm³/mol. The van der Waals surface area contributed by atoms with Crippen LogP contribution in [-0.2, 0) is 16.6 Å². The number of carboxylic acid groups (broad SMARTS) is 1. The highest BCUT2D eigenvalue weighted by Gasteiger charge is 2.13. The fourth-order valence-corrected chi connectivity index (χ4v) is 2.30. The third-order valence-electron chi connectivity index (χ3n) is 2.06. The summed E-state index contributed by atoms with van der Waals surface area (Å²) < 4.78 is 16.8. The molecule has 0 spiro atoms. The maximum absolute atomic E-state index is 11.9. The largest absolute Gasteiger partial charge is 0.475 e. The molecule has 0 saturated heterocycles. The molecule has 17 heavy (non-hydrogen) atoms. The molecule has 2 rings (SSSR count). The Morgan fingerprint density at radius 3 is 2.59 bits per heavy atom. The lowest BCUT2D eigenvalue weighted by atomic mass is 10.3. The minimum Gasteiger partial charge on any atom is -0.475 e. The van der Waals surface area contributed by atoms with E-state index >= 15 is 0 Å². The topological polar surface area (TPSA) is 80.4 Å². The van der Waals surface area contributed by atoms with Gasteiger partial charge in [-0.1, -0.05) is 0 Å². The fraction of sp³-hybridized carbons (Fsp3) is 0.0909. The number of carboxylic acids is 1. The van der Waals surface area contributed by atoms with Crippen molar-refractivity contribution in [2.75, 3.05) is 0 Å². The average molecular weight is 251 g/mol. The van der Waals surface area contributed by atoms with Crippen molar-refractivity contribution in [3.8, 4) is 0 Å². The zero-order valence-electron chi connectivity index (χ0n) is 8.70. The monoisotopic (exact) mass is 251 g/mol. The summed E-state index contributed by atoms with van der Waals surface area (Å²) in [6, 6.07) is 6.21. The Morgan fingerprint density at radius 1 is 1.29 bits per heavy atom. The second-order valence-corrected chi connectivity index (χ2v) is 4.65. The smallest absolute Gasteiger partial charge is 0.371 e. The summed E-state index contributed by atoms with van der Waals surface area (Å²) >= 11 is 0. The predicted octanol–water partition coefficient (Wildman–Crippen LogP) is 1.68. The van der Waals surface area contributed by atoms with Gasteiger partial charge in [-0.2, -0.15) is 0 Å². The first-order valence-electron chi connectivity index (χ1n) is 4.77. The molecule has 1 N–H and O–H groups in total. The molecule has 0 fully saturated rings. The van der Waals surface area contributed by atoms with Crippen molar-refractivity contribution >= 4 is 16.8 Å². The summed E-state index contributed by atoms with van der Waals surface area (Å²) in [5.41, 5.74) is 0.853. The zero-order valence-corrected chi connectivity index (χ0v) is 9.52. The van der Waals surface area contributed by atoms with E-state index in [0.29, 0.717) is 0 Å². The van der Waals surface area contributed by atoms with E-state index in [4.69, 9.17) is 9.52 Å². The lowest BCUT2D eigenvalue weighted by Crippen LogP contribution is -1.96. The summed E-state index contributed by atoms with van der Waals surface area (Å²) in [7, 11) is -1.39. The van der Waals surface area contributed by atoms with Crippen molar-refractivity contribution in [2.45, 2.75) is 10.8 Å². The number of nitrogens with zero attached hydrogens (tertiary/aromatic N) is 1. The van der Waals surface area contributed by atoms with E-state index in [2.05, 4.69) is 4.98 Å². The molecule has 88 valence electrons. The lowest BCUT2D eigenvalue weighted by Gasteiger charge is -1.98. The number of aromatic nitrogens is 1. The maximum Gasteiger partial charge on any atom is 0.371 e. The van der Waals surface area contributed by atoms with E-state index in [1.807, 2.05) is 0 Å². The summed E-state index contributed by atoms with van der Waals surface area (Å²) in [5.74, 6) is -1.10. The molecule has 0 bridgehead atoms. The molecule has 2 aromatic heterocycles. The molecule has 1 unspecified atom stereocenters. The minimum absolute atomic E-state index is 0.166. The van der Waals surface area contributed by atoms with Crippen molar-refractivity contribution in [1.29, 1.82) is 0 Å². The highest BCUT2D eigenvalue weighted by atomic mass is 32.2. The van der Waals surface area contributed by atoms with Crippen LogP contribution in [0.5, 0.6) is 0 Å². The third-order valence-corrected chi connectivity index (χ3v) is 3.33. The Labute approximate surface area is 99.6 Å². The summed E-state index contributed by atoms with van der Waals surface area (Å²) in [4.78, 5) is 14.4. The van der Waals surface area contributed by atoms with Gasteiger partial charge in [0, 0.05) is 12.4 Å².